The number of benzene rings is 1. The zero-order chi connectivity index (χ0) is 16.4. The zero-order valence-corrected chi connectivity index (χ0v) is 13.3. The van der Waals surface area contributed by atoms with Crippen molar-refractivity contribution < 1.29 is 9.21 Å². The average Bonchev–Trinajstić information content (AvgIpc) is 3.30. The topological polar surface area (TPSA) is 80.9 Å². The fraction of sp³-hybridized carbons (Fsp3) is 0.0588. The Bertz CT molecular complexity index is 995. The molecule has 0 saturated heterocycles. The number of carbonyl (C=O) groups is 1. The predicted molar refractivity (Wildman–Crippen MR) is 90.5 cm³/mol. The number of fused-ring (bicyclic) bond motifs is 1. The van der Waals surface area contributed by atoms with Gasteiger partial charge in [0.25, 0.3) is 5.91 Å². The van der Waals surface area contributed by atoms with Crippen molar-refractivity contribution in [2.75, 3.05) is 0 Å². The third-order valence-electron chi connectivity index (χ3n) is 3.57. The Morgan fingerprint density at radius 3 is 2.92 bits per heavy atom. The van der Waals surface area contributed by atoms with Crippen LogP contribution in [-0.4, -0.2) is 19.6 Å². The largest absolute Gasteiger partial charge is 0.464 e. The van der Waals surface area contributed by atoms with Crippen molar-refractivity contribution in [3.05, 3.63) is 66.2 Å². The fourth-order valence-electron chi connectivity index (χ4n) is 2.37. The summed E-state index contributed by atoms with van der Waals surface area (Å²) in [6, 6.07) is 10.9. The number of hydrogen-bond donors (Lipinski definition) is 1. The van der Waals surface area contributed by atoms with E-state index in [2.05, 4.69) is 19.0 Å². The molecule has 0 bridgehead atoms. The number of furan rings is 1. The Morgan fingerprint density at radius 1 is 1.12 bits per heavy atom. The average molecular weight is 336 g/mol. The van der Waals surface area contributed by atoms with Gasteiger partial charge in [-0.05, 0) is 42.0 Å². The number of carbonyl (C=O) groups excluding carboxylic acids is 1. The number of rotatable bonds is 4. The van der Waals surface area contributed by atoms with E-state index in [9.17, 15) is 4.79 Å². The molecule has 3 aromatic heterocycles. The van der Waals surface area contributed by atoms with E-state index >= 15 is 0 Å². The van der Waals surface area contributed by atoms with Crippen LogP contribution in [0.3, 0.4) is 0 Å². The second kappa shape index (κ2) is 6.21. The van der Waals surface area contributed by atoms with Crippen LogP contribution in [0.5, 0.6) is 0 Å². The minimum atomic E-state index is -0.159. The summed E-state index contributed by atoms with van der Waals surface area (Å²) < 4.78 is 13.6. The molecule has 7 heteroatoms. The van der Waals surface area contributed by atoms with Gasteiger partial charge in [-0.15, -0.1) is 0 Å². The van der Waals surface area contributed by atoms with Gasteiger partial charge in [-0.3, -0.25) is 9.78 Å². The normalized spacial score (nSPS) is 10.8. The van der Waals surface area contributed by atoms with E-state index in [-0.39, 0.29) is 5.91 Å². The van der Waals surface area contributed by atoms with Crippen LogP contribution in [0, 0.1) is 0 Å². The van der Waals surface area contributed by atoms with Gasteiger partial charge in [-0.25, -0.2) is 0 Å². The highest BCUT2D eigenvalue weighted by Gasteiger charge is 2.09. The van der Waals surface area contributed by atoms with E-state index in [4.69, 9.17) is 4.42 Å². The first-order valence-electron chi connectivity index (χ1n) is 7.28. The molecule has 0 radical (unpaired) electrons. The summed E-state index contributed by atoms with van der Waals surface area (Å²) in [6.45, 7) is 0.383. The van der Waals surface area contributed by atoms with E-state index < -0.39 is 0 Å². The second-order valence-electron chi connectivity index (χ2n) is 5.21. The molecule has 4 rings (SSSR count). The van der Waals surface area contributed by atoms with Crippen LogP contribution in [0.4, 0.5) is 0 Å². The molecule has 0 aliphatic carbocycles. The summed E-state index contributed by atoms with van der Waals surface area (Å²) in [4.78, 5) is 16.5. The van der Waals surface area contributed by atoms with Gasteiger partial charge in [0.2, 0.25) is 0 Å². The van der Waals surface area contributed by atoms with Crippen LogP contribution < -0.4 is 5.32 Å². The van der Waals surface area contributed by atoms with Crippen molar-refractivity contribution in [3.8, 4) is 11.3 Å². The number of pyridine rings is 1. The summed E-state index contributed by atoms with van der Waals surface area (Å²) in [5.41, 5.74) is 3.86. The van der Waals surface area contributed by atoms with E-state index in [0.29, 0.717) is 12.1 Å². The monoisotopic (exact) mass is 336 g/mol. The first-order valence-corrected chi connectivity index (χ1v) is 8.01. The number of amides is 1. The van der Waals surface area contributed by atoms with E-state index in [1.807, 2.05) is 18.2 Å². The Kier molecular flexibility index (Phi) is 3.76. The van der Waals surface area contributed by atoms with Gasteiger partial charge in [0, 0.05) is 30.1 Å². The number of nitrogens with one attached hydrogen (secondary N) is 1. The third-order valence-corrected chi connectivity index (χ3v) is 4.13. The molecule has 118 valence electrons. The van der Waals surface area contributed by atoms with Crippen molar-refractivity contribution in [2.45, 2.75) is 6.54 Å². The molecule has 0 aliphatic rings. The Hall–Kier alpha value is -3.06. The lowest BCUT2D eigenvalue weighted by Crippen LogP contribution is -2.22. The lowest BCUT2D eigenvalue weighted by molar-refractivity contribution is 0.0951. The summed E-state index contributed by atoms with van der Waals surface area (Å²) >= 11 is 1.13. The van der Waals surface area contributed by atoms with Gasteiger partial charge < -0.3 is 9.73 Å². The molecule has 1 aromatic carbocycles. The molecular formula is C17H12N4O2S. The van der Waals surface area contributed by atoms with E-state index in [0.717, 1.165) is 39.6 Å². The lowest BCUT2D eigenvalue weighted by Gasteiger charge is -2.06. The van der Waals surface area contributed by atoms with Crippen molar-refractivity contribution in [1.82, 2.24) is 19.0 Å². The van der Waals surface area contributed by atoms with Crippen molar-refractivity contribution >= 4 is 28.7 Å². The quantitative estimate of drug-likeness (QED) is 0.618. The van der Waals surface area contributed by atoms with Gasteiger partial charge >= 0.3 is 0 Å². The van der Waals surface area contributed by atoms with Crippen LogP contribution in [0.1, 0.15) is 15.9 Å². The maximum Gasteiger partial charge on any atom is 0.251 e. The smallest absolute Gasteiger partial charge is 0.251 e. The molecule has 6 nitrogen and oxygen atoms in total. The van der Waals surface area contributed by atoms with Crippen LogP contribution >= 0.6 is 11.7 Å². The molecule has 0 aliphatic heterocycles. The third kappa shape index (κ3) is 2.89. The van der Waals surface area contributed by atoms with Gasteiger partial charge in [0.1, 0.15) is 16.8 Å². The minimum Gasteiger partial charge on any atom is -0.464 e. The number of hydrogen-bond acceptors (Lipinski definition) is 6. The molecule has 1 amide bonds. The second-order valence-corrected chi connectivity index (χ2v) is 5.74. The highest BCUT2D eigenvalue weighted by molar-refractivity contribution is 7.00. The first kappa shape index (κ1) is 14.5. The summed E-state index contributed by atoms with van der Waals surface area (Å²) in [6.07, 6.45) is 5.07. The summed E-state index contributed by atoms with van der Waals surface area (Å²) in [5.74, 6) is 0.588. The van der Waals surface area contributed by atoms with Crippen LogP contribution in [0.15, 0.2) is 59.5 Å². The number of aromatic nitrogens is 3. The van der Waals surface area contributed by atoms with Crippen molar-refractivity contribution in [3.63, 3.8) is 0 Å². The van der Waals surface area contributed by atoms with Crippen molar-refractivity contribution in [1.29, 1.82) is 0 Å². The van der Waals surface area contributed by atoms with E-state index in [1.165, 1.54) is 0 Å². The first-order chi connectivity index (χ1) is 11.8. The lowest BCUT2D eigenvalue weighted by atomic mass is 10.1. The van der Waals surface area contributed by atoms with Gasteiger partial charge in [-0.2, -0.15) is 8.75 Å². The van der Waals surface area contributed by atoms with Gasteiger partial charge in [0.15, 0.2) is 0 Å². The Morgan fingerprint density at radius 2 is 2.04 bits per heavy atom. The highest BCUT2D eigenvalue weighted by atomic mass is 32.1. The minimum absolute atomic E-state index is 0.159. The molecule has 0 saturated carbocycles. The van der Waals surface area contributed by atoms with Gasteiger partial charge in [-0.1, -0.05) is 0 Å². The Balaban J connectivity index is 1.48. The standard InChI is InChI=1S/C17H12N4O2S/c22-17(12-3-4-14-15(7-12)21-24-20-14)19-9-11-6-13(10-18-8-11)16-2-1-5-23-16/h1-8,10H,9H2,(H,19,22). The molecule has 0 spiro atoms. The molecule has 1 N–H and O–H groups in total. The Labute approximate surface area is 141 Å². The molecule has 0 fully saturated rings. The molecule has 4 aromatic rings. The number of nitrogens with zero attached hydrogens (tertiary/aromatic N) is 3. The van der Waals surface area contributed by atoms with Gasteiger partial charge in [0.05, 0.1) is 18.0 Å². The SMILES string of the molecule is O=C(NCc1cncc(-c2ccco2)c1)c1ccc2nsnc2c1. The summed E-state index contributed by atoms with van der Waals surface area (Å²) in [7, 11) is 0. The zero-order valence-electron chi connectivity index (χ0n) is 12.5. The van der Waals surface area contributed by atoms with E-state index in [1.54, 1.807) is 36.9 Å². The van der Waals surface area contributed by atoms with Crippen molar-refractivity contribution in [2.24, 2.45) is 0 Å². The maximum atomic E-state index is 12.3. The fourth-order valence-corrected chi connectivity index (χ4v) is 2.89. The molecule has 0 unspecified atom stereocenters. The highest BCUT2D eigenvalue weighted by Crippen LogP contribution is 2.19. The molecule has 24 heavy (non-hydrogen) atoms. The van der Waals surface area contributed by atoms with Crippen LogP contribution in [0.2, 0.25) is 0 Å². The maximum absolute atomic E-state index is 12.3. The molecular weight excluding hydrogens is 324 g/mol. The molecule has 3 heterocycles. The van der Waals surface area contributed by atoms with Crippen LogP contribution in [-0.2, 0) is 6.54 Å². The molecule has 0 atom stereocenters. The predicted octanol–water partition coefficient (Wildman–Crippen LogP) is 3.28. The summed E-state index contributed by atoms with van der Waals surface area (Å²) in [5, 5.41) is 2.89. The van der Waals surface area contributed by atoms with Crippen LogP contribution in [0.25, 0.3) is 22.4 Å².